The molecule has 1 heterocycles. The fourth-order valence-electron chi connectivity index (χ4n) is 6.91. The third-order valence-corrected chi connectivity index (χ3v) is 9.76. The Labute approximate surface area is 330 Å². The van der Waals surface area contributed by atoms with Crippen LogP contribution in [0.3, 0.4) is 0 Å². The normalized spacial score (nSPS) is 11.0. The maximum atomic E-state index is 15.4. The second-order valence-corrected chi connectivity index (χ2v) is 13.8. The molecule has 0 fully saturated rings. The Kier molecular flexibility index (Phi) is 11.0. The Morgan fingerprint density at radius 3 is 1.33 bits per heavy atom. The molecule has 0 amide bonds. The van der Waals surface area contributed by atoms with Gasteiger partial charge in [-0.3, -0.25) is 4.79 Å². The lowest BCUT2D eigenvalue weighted by molar-refractivity contribution is 0.282. The van der Waals surface area contributed by atoms with Crippen molar-refractivity contribution < 1.29 is 28.8 Å². The Morgan fingerprint density at radius 1 is 0.439 bits per heavy atom. The number of phenolic OH excluding ortho intramolecular Hbond substituents is 2. The van der Waals surface area contributed by atoms with Crippen molar-refractivity contribution in [1.29, 1.82) is 0 Å². The molecule has 2 N–H and O–H groups in total. The topological polar surface area (TPSA) is 98.4 Å². The molecule has 0 aliphatic heterocycles. The average Bonchev–Trinajstić information content (AvgIpc) is 3.25. The zero-order valence-electron chi connectivity index (χ0n) is 31.1. The van der Waals surface area contributed by atoms with Crippen LogP contribution in [0.25, 0.3) is 22.3 Å². The molecule has 57 heavy (non-hydrogen) atoms. The first kappa shape index (κ1) is 36.7. The number of rotatable bonds is 14. The van der Waals surface area contributed by atoms with E-state index in [-0.39, 0.29) is 53.8 Å². The summed E-state index contributed by atoms with van der Waals surface area (Å²) in [7, 11) is 0. The number of benzene rings is 7. The molecule has 1 aromatic heterocycles. The number of aromatic hydroxyl groups is 2. The van der Waals surface area contributed by atoms with Crippen LogP contribution in [-0.2, 0) is 32.7 Å². The van der Waals surface area contributed by atoms with Crippen molar-refractivity contribution in [2.24, 2.45) is 0 Å². The molecule has 0 radical (unpaired) electrons. The second kappa shape index (κ2) is 17.0. The van der Waals surface area contributed by atoms with Crippen LogP contribution in [0, 0.1) is 0 Å². The van der Waals surface area contributed by atoms with Gasteiger partial charge < -0.3 is 28.8 Å². The molecule has 0 atom stereocenters. The van der Waals surface area contributed by atoms with Crippen molar-refractivity contribution in [3.05, 3.63) is 219 Å². The lowest BCUT2D eigenvalue weighted by Gasteiger charge is -2.23. The summed E-state index contributed by atoms with van der Waals surface area (Å²) in [6.07, 6.45) is 0.746. The van der Waals surface area contributed by atoms with Gasteiger partial charge in [0, 0.05) is 29.5 Å². The second-order valence-electron chi connectivity index (χ2n) is 13.8. The highest BCUT2D eigenvalue weighted by atomic mass is 16.5. The first-order chi connectivity index (χ1) is 28.0. The maximum absolute atomic E-state index is 15.4. The van der Waals surface area contributed by atoms with Crippen molar-refractivity contribution in [2.45, 2.75) is 32.7 Å². The van der Waals surface area contributed by atoms with Crippen molar-refractivity contribution in [1.82, 2.24) is 0 Å². The van der Waals surface area contributed by atoms with Crippen LogP contribution in [0.1, 0.15) is 38.9 Å². The number of phenols is 2. The summed E-state index contributed by atoms with van der Waals surface area (Å²) >= 11 is 0. The Balaban J connectivity index is 1.45. The molecule has 7 heteroatoms. The summed E-state index contributed by atoms with van der Waals surface area (Å²) < 4.78 is 27.1. The molecule has 0 spiro atoms. The van der Waals surface area contributed by atoms with Crippen LogP contribution in [0.2, 0.25) is 0 Å². The van der Waals surface area contributed by atoms with E-state index in [1.807, 2.05) is 152 Å². The predicted octanol–water partition coefficient (Wildman–Crippen LogP) is 10.8. The third kappa shape index (κ3) is 8.38. The molecule has 7 nitrogen and oxygen atoms in total. The molecule has 0 saturated heterocycles. The van der Waals surface area contributed by atoms with Crippen LogP contribution in [0.15, 0.2) is 179 Å². The van der Waals surface area contributed by atoms with E-state index < -0.39 is 5.43 Å². The molecule has 0 unspecified atom stereocenters. The van der Waals surface area contributed by atoms with E-state index in [4.69, 9.17) is 18.6 Å². The van der Waals surface area contributed by atoms with Crippen molar-refractivity contribution in [3.63, 3.8) is 0 Å². The monoisotopic (exact) mass is 752 g/mol. The molecule has 282 valence electrons. The maximum Gasteiger partial charge on any atom is 0.239 e. The fourth-order valence-corrected chi connectivity index (χ4v) is 6.91. The molecule has 0 aliphatic carbocycles. The standard InChI is InChI=1S/C50H40O7/c51-42-27-26-39(30-43(42)52)46-50(56-33-38-24-14-5-15-25-38)45(53)44-48(55-32-37-22-12-4-13-23-37)40(28-34-16-6-1-7-17-34)47(54-31-36-20-10-3-11-21-36)41(49(44)57-46)29-35-18-8-2-9-19-35/h1-27,30,51-52H,28-29,31-33H2. The molecule has 0 saturated carbocycles. The van der Waals surface area contributed by atoms with E-state index >= 15 is 4.79 Å². The molecular formula is C50H40O7. The van der Waals surface area contributed by atoms with E-state index in [0.717, 1.165) is 27.8 Å². The Bertz CT molecular complexity index is 2640. The SMILES string of the molecule is O=c1c(OCc2ccccc2)c(-c2ccc(O)c(O)c2)oc2c(Cc3ccccc3)c(OCc3ccccc3)c(Cc3ccccc3)c(OCc3ccccc3)c12. The molecule has 0 aliphatic rings. The summed E-state index contributed by atoms with van der Waals surface area (Å²) in [5, 5.41) is 21.1. The number of fused-ring (bicyclic) bond motifs is 1. The van der Waals surface area contributed by atoms with Gasteiger partial charge in [0.1, 0.15) is 42.3 Å². The van der Waals surface area contributed by atoms with Gasteiger partial charge in [0.15, 0.2) is 17.3 Å². The lowest BCUT2D eigenvalue weighted by Crippen LogP contribution is -2.15. The van der Waals surface area contributed by atoms with Gasteiger partial charge in [-0.1, -0.05) is 152 Å². The summed E-state index contributed by atoms with van der Waals surface area (Å²) in [6, 6.07) is 53.5. The van der Waals surface area contributed by atoms with Crippen LogP contribution < -0.4 is 19.6 Å². The summed E-state index contributed by atoms with van der Waals surface area (Å²) in [5.41, 5.74) is 6.20. The fraction of sp³-hybridized carbons (Fsp3) is 0.100. The molecular weight excluding hydrogens is 713 g/mol. The van der Waals surface area contributed by atoms with Crippen molar-refractivity contribution in [2.75, 3.05) is 0 Å². The minimum Gasteiger partial charge on any atom is -0.504 e. The molecule has 8 rings (SSSR count). The highest BCUT2D eigenvalue weighted by Gasteiger charge is 2.30. The first-order valence-electron chi connectivity index (χ1n) is 18.8. The van der Waals surface area contributed by atoms with Crippen molar-refractivity contribution in [3.8, 4) is 40.1 Å². The summed E-state index contributed by atoms with van der Waals surface area (Å²) in [4.78, 5) is 15.4. The zero-order valence-corrected chi connectivity index (χ0v) is 31.1. The highest BCUT2D eigenvalue weighted by Crippen LogP contribution is 2.46. The lowest BCUT2D eigenvalue weighted by atomic mass is 9.93. The minimum atomic E-state index is -0.448. The quantitative estimate of drug-likeness (QED) is 0.107. The zero-order chi connectivity index (χ0) is 39.0. The number of hydrogen-bond donors (Lipinski definition) is 2. The van der Waals surface area contributed by atoms with Gasteiger partial charge in [-0.2, -0.15) is 0 Å². The molecule has 0 bridgehead atoms. The van der Waals surface area contributed by atoms with E-state index in [9.17, 15) is 10.2 Å². The number of ether oxygens (including phenoxy) is 3. The molecule has 7 aromatic carbocycles. The highest BCUT2D eigenvalue weighted by molar-refractivity contribution is 5.94. The smallest absolute Gasteiger partial charge is 0.239 e. The average molecular weight is 753 g/mol. The van der Waals surface area contributed by atoms with Gasteiger partial charge in [0.2, 0.25) is 11.2 Å². The first-order valence-corrected chi connectivity index (χ1v) is 18.8. The van der Waals surface area contributed by atoms with Crippen LogP contribution in [0.4, 0.5) is 0 Å². The molecule has 8 aromatic rings. The van der Waals surface area contributed by atoms with E-state index in [0.29, 0.717) is 41.0 Å². The van der Waals surface area contributed by atoms with E-state index in [2.05, 4.69) is 0 Å². The largest absolute Gasteiger partial charge is 0.504 e. The van der Waals surface area contributed by atoms with Gasteiger partial charge in [-0.05, 0) is 46.0 Å². The van der Waals surface area contributed by atoms with Gasteiger partial charge in [-0.25, -0.2) is 0 Å². The van der Waals surface area contributed by atoms with E-state index in [1.165, 1.54) is 12.1 Å². The van der Waals surface area contributed by atoms with Crippen LogP contribution in [0.5, 0.6) is 28.7 Å². The van der Waals surface area contributed by atoms with Gasteiger partial charge in [0.05, 0.1) is 0 Å². The summed E-state index contributed by atoms with van der Waals surface area (Å²) in [5.74, 6) is 0.226. The predicted molar refractivity (Wildman–Crippen MR) is 222 cm³/mol. The Hall–Kier alpha value is -7.25. The third-order valence-electron chi connectivity index (χ3n) is 9.76. The van der Waals surface area contributed by atoms with Gasteiger partial charge >= 0.3 is 0 Å². The van der Waals surface area contributed by atoms with Crippen LogP contribution in [-0.4, -0.2) is 10.2 Å². The van der Waals surface area contributed by atoms with Gasteiger partial charge in [-0.15, -0.1) is 0 Å². The van der Waals surface area contributed by atoms with Gasteiger partial charge in [0.25, 0.3) is 0 Å². The minimum absolute atomic E-state index is 0.0599. The van der Waals surface area contributed by atoms with Crippen LogP contribution >= 0.6 is 0 Å². The van der Waals surface area contributed by atoms with Crippen molar-refractivity contribution >= 4 is 11.0 Å². The van der Waals surface area contributed by atoms with E-state index in [1.54, 1.807) is 6.07 Å². The summed E-state index contributed by atoms with van der Waals surface area (Å²) in [6.45, 7) is 0.483. The number of hydrogen-bond acceptors (Lipinski definition) is 7. The Morgan fingerprint density at radius 2 is 0.860 bits per heavy atom.